The number of azo groups is 3. The van der Waals surface area contributed by atoms with Crippen molar-refractivity contribution in [2.75, 3.05) is 17.2 Å². The van der Waals surface area contributed by atoms with Gasteiger partial charge in [0.2, 0.25) is 0 Å². The van der Waals surface area contributed by atoms with Gasteiger partial charge in [0.25, 0.3) is 25.9 Å². The number of nitro groups is 1. The molecule has 0 unspecified atom stereocenters. The first kappa shape index (κ1) is 41.0. The van der Waals surface area contributed by atoms with Gasteiger partial charge in [0.05, 0.1) is 38.7 Å². The maximum atomic E-state index is 12.4. The average molecular weight is 806 g/mol. The van der Waals surface area contributed by atoms with Crippen LogP contribution >= 0.6 is 0 Å². The molecule has 278 valence electrons. The monoisotopic (exact) mass is 805 g/mol. The van der Waals surface area contributed by atoms with Gasteiger partial charge in [-0.1, -0.05) is 30.3 Å². The first-order chi connectivity index (χ1) is 26.0. The Balaban J connectivity index is 0.00000600. The van der Waals surface area contributed by atoms with E-state index >= 15 is 0 Å². The summed E-state index contributed by atoms with van der Waals surface area (Å²) in [5.74, 6) is -0.951. The van der Waals surface area contributed by atoms with E-state index in [0.29, 0.717) is 22.7 Å². The summed E-state index contributed by atoms with van der Waals surface area (Å²) in [6.45, 7) is 0. The van der Waals surface area contributed by atoms with Crippen LogP contribution in [0.25, 0.3) is 21.9 Å². The fourth-order valence-electron chi connectivity index (χ4n) is 5.21. The minimum Gasteiger partial charge on any atom is -0.505 e. The SMILES string of the molecule is Nc1ccc(N=Nc2ccc(-c3ccc(N=Nc4c(S(=O)(=O)O)cc5cc(S(=O)(=O)O)c(N=Nc6cccc([N+](=O)[O-])c6)c(N)c5c4O)cc3)cc2)c(N)c1.[Na+]. The predicted molar refractivity (Wildman–Crippen MR) is 202 cm³/mol. The van der Waals surface area contributed by atoms with Crippen LogP contribution in [0.15, 0.2) is 144 Å². The molecule has 0 fully saturated rings. The van der Waals surface area contributed by atoms with Crippen LogP contribution in [0.3, 0.4) is 0 Å². The normalized spacial score (nSPS) is 12.1. The van der Waals surface area contributed by atoms with E-state index in [1.807, 2.05) is 0 Å². The molecule has 56 heavy (non-hydrogen) atoms. The van der Waals surface area contributed by atoms with E-state index in [2.05, 4.69) is 30.7 Å². The second-order valence-corrected chi connectivity index (χ2v) is 14.3. The Morgan fingerprint density at radius 1 is 0.607 bits per heavy atom. The van der Waals surface area contributed by atoms with Crippen molar-refractivity contribution >= 4 is 87.9 Å². The van der Waals surface area contributed by atoms with Crippen LogP contribution < -0.4 is 46.8 Å². The van der Waals surface area contributed by atoms with E-state index in [4.69, 9.17) is 17.2 Å². The van der Waals surface area contributed by atoms with E-state index in [9.17, 15) is 41.2 Å². The average Bonchev–Trinajstić information content (AvgIpc) is 3.13. The van der Waals surface area contributed by atoms with E-state index in [1.54, 1.807) is 66.7 Å². The van der Waals surface area contributed by atoms with Crippen molar-refractivity contribution in [1.82, 2.24) is 0 Å². The molecule has 0 atom stereocenters. The van der Waals surface area contributed by atoms with Gasteiger partial charge in [-0.05, 0) is 77.2 Å². The molecule has 0 amide bonds. The molecule has 6 aromatic carbocycles. The molecule has 0 spiro atoms. The molecule has 0 radical (unpaired) electrons. The third-order valence-electron chi connectivity index (χ3n) is 7.83. The Morgan fingerprint density at radius 3 is 1.66 bits per heavy atom. The van der Waals surface area contributed by atoms with Gasteiger partial charge in [-0.15, -0.1) is 15.3 Å². The topological polar surface area (TPSA) is 324 Å². The number of phenolic OH excluding ortho intramolecular Hbond substituents is 1. The molecule has 19 nitrogen and oxygen atoms in total. The standard InChI is InChI=1S/C34H26N10O9S2.Na/c35-21-8-13-27(26(36)16-21)41-38-22-9-4-18(5-10-22)19-6-11-23(12-7-19)39-43-33-29(55(51,52)53)15-20-14-28(54(48,49)50)32(31(37)30(20)34(33)45)42-40-24-2-1-3-25(17-24)44(46)47;/h1-17,45H,35-37H2,(H,48,49,50)(H,51,52,53);/q;+1. The number of nitro benzene ring substituents is 1. The molecule has 9 N–H and O–H groups in total. The van der Waals surface area contributed by atoms with Gasteiger partial charge >= 0.3 is 29.6 Å². The Bertz CT molecular complexity index is 2840. The Morgan fingerprint density at radius 2 is 1.12 bits per heavy atom. The molecule has 0 aliphatic carbocycles. The van der Waals surface area contributed by atoms with Gasteiger partial charge in [-0.25, -0.2) is 0 Å². The van der Waals surface area contributed by atoms with E-state index in [1.165, 1.54) is 18.2 Å². The summed E-state index contributed by atoms with van der Waals surface area (Å²) in [6.07, 6.45) is 0. The smallest absolute Gasteiger partial charge is 0.505 e. The summed E-state index contributed by atoms with van der Waals surface area (Å²) in [5, 5.41) is 45.5. The number of benzene rings is 6. The first-order valence-corrected chi connectivity index (χ1v) is 18.3. The molecular weight excluding hydrogens is 780 g/mol. The van der Waals surface area contributed by atoms with Gasteiger partial charge in [-0.3, -0.25) is 19.2 Å². The van der Waals surface area contributed by atoms with Crippen molar-refractivity contribution in [3.8, 4) is 16.9 Å². The number of hydrogen-bond acceptors (Lipinski definition) is 16. The summed E-state index contributed by atoms with van der Waals surface area (Å²) in [5.41, 5.74) is 19.0. The van der Waals surface area contributed by atoms with Crippen LogP contribution in [-0.2, 0) is 20.2 Å². The van der Waals surface area contributed by atoms with Gasteiger partial charge in [0.15, 0.2) is 5.75 Å². The third-order valence-corrected chi connectivity index (χ3v) is 9.57. The summed E-state index contributed by atoms with van der Waals surface area (Å²) in [7, 11) is -10.3. The Hall–Kier alpha value is -6.20. The van der Waals surface area contributed by atoms with Gasteiger partial charge in [0, 0.05) is 17.8 Å². The number of nitrogens with zero attached hydrogens (tertiary/aromatic N) is 7. The number of non-ortho nitro benzene ring substituents is 1. The second-order valence-electron chi connectivity index (χ2n) is 11.5. The Kier molecular flexibility index (Phi) is 11.9. The van der Waals surface area contributed by atoms with Crippen LogP contribution in [-0.4, -0.2) is 36.0 Å². The molecule has 0 aliphatic rings. The fraction of sp³-hybridized carbons (Fsp3) is 0. The van der Waals surface area contributed by atoms with Crippen LogP contribution in [0.5, 0.6) is 5.75 Å². The number of fused-ring (bicyclic) bond motifs is 1. The molecule has 0 aromatic heterocycles. The van der Waals surface area contributed by atoms with Gasteiger partial charge in [0.1, 0.15) is 26.9 Å². The molecule has 0 saturated carbocycles. The van der Waals surface area contributed by atoms with Crippen LogP contribution in [0.1, 0.15) is 0 Å². The molecule has 22 heteroatoms. The molecule has 6 aromatic rings. The summed E-state index contributed by atoms with van der Waals surface area (Å²) < 4.78 is 69.6. The zero-order valence-electron chi connectivity index (χ0n) is 28.8. The van der Waals surface area contributed by atoms with Crippen molar-refractivity contribution in [3.63, 3.8) is 0 Å². The fourth-order valence-corrected chi connectivity index (χ4v) is 6.53. The second kappa shape index (κ2) is 16.3. The largest absolute Gasteiger partial charge is 1.00 e. The molecule has 0 saturated heterocycles. The number of aromatic hydroxyl groups is 1. The Labute approximate surface area is 339 Å². The van der Waals surface area contributed by atoms with Gasteiger partial charge < -0.3 is 22.3 Å². The zero-order chi connectivity index (χ0) is 39.7. The van der Waals surface area contributed by atoms with Crippen LogP contribution in [0, 0.1) is 10.1 Å². The summed E-state index contributed by atoms with van der Waals surface area (Å²) >= 11 is 0. The third kappa shape index (κ3) is 9.01. The number of nitrogens with two attached hydrogens (primary N) is 3. The number of anilines is 3. The van der Waals surface area contributed by atoms with Crippen LogP contribution in [0.2, 0.25) is 0 Å². The quantitative estimate of drug-likeness (QED) is 0.0246. The van der Waals surface area contributed by atoms with Crippen molar-refractivity contribution in [2.45, 2.75) is 9.79 Å². The molecular formula is C34H26N10NaO9S2+. The summed E-state index contributed by atoms with van der Waals surface area (Å²) in [4.78, 5) is 8.54. The molecule has 6 rings (SSSR count). The minimum absolute atomic E-state index is 0. The van der Waals surface area contributed by atoms with E-state index in [0.717, 1.165) is 29.3 Å². The van der Waals surface area contributed by atoms with Gasteiger partial charge in [-0.2, -0.15) is 32.2 Å². The molecule has 0 aliphatic heterocycles. The van der Waals surface area contributed by atoms with E-state index < -0.39 is 63.1 Å². The maximum absolute atomic E-state index is 12.4. The van der Waals surface area contributed by atoms with Crippen molar-refractivity contribution < 1.29 is 65.5 Å². The number of phenols is 1. The number of rotatable bonds is 10. The number of nitrogen functional groups attached to an aromatic ring is 3. The zero-order valence-corrected chi connectivity index (χ0v) is 32.4. The van der Waals surface area contributed by atoms with Crippen molar-refractivity contribution in [3.05, 3.63) is 113 Å². The first-order valence-electron chi connectivity index (χ1n) is 15.4. The number of hydrogen-bond donors (Lipinski definition) is 6. The molecule has 0 heterocycles. The predicted octanol–water partition coefficient (Wildman–Crippen LogP) is 5.61. The molecule has 0 bridgehead atoms. The minimum atomic E-state index is -5.14. The van der Waals surface area contributed by atoms with E-state index in [-0.39, 0.29) is 52.0 Å². The summed E-state index contributed by atoms with van der Waals surface area (Å²) in [6, 6.07) is 24.8. The van der Waals surface area contributed by atoms with Crippen molar-refractivity contribution in [2.24, 2.45) is 30.7 Å². The van der Waals surface area contributed by atoms with Crippen LogP contribution in [0.4, 0.5) is 56.9 Å². The van der Waals surface area contributed by atoms with Crippen molar-refractivity contribution in [1.29, 1.82) is 0 Å². The maximum Gasteiger partial charge on any atom is 1.00 e.